The van der Waals surface area contributed by atoms with Gasteiger partial charge in [-0.25, -0.2) is 14.4 Å². The molecule has 1 saturated heterocycles. The zero-order valence-corrected chi connectivity index (χ0v) is 35.3. The molecule has 0 saturated carbocycles. The highest BCUT2D eigenvalue weighted by molar-refractivity contribution is 5.90. The van der Waals surface area contributed by atoms with Gasteiger partial charge in [0.25, 0.3) is 0 Å². The summed E-state index contributed by atoms with van der Waals surface area (Å²) in [7, 11) is 5.35. The smallest absolute Gasteiger partial charge is 0.410 e. The Bertz CT molecular complexity index is 1580. The second-order valence-electron chi connectivity index (χ2n) is 16.8. The summed E-state index contributed by atoms with van der Waals surface area (Å²) in [6, 6.07) is 7.52. The van der Waals surface area contributed by atoms with Crippen LogP contribution in [0.25, 0.3) is 10.4 Å². The quantitative estimate of drug-likeness (QED) is 0.0617. The number of ether oxygens (including phenoxy) is 7. The number of benzene rings is 1. The lowest BCUT2D eigenvalue weighted by molar-refractivity contribution is -0.298. The Morgan fingerprint density at radius 1 is 1.12 bits per heavy atom. The van der Waals surface area contributed by atoms with Gasteiger partial charge in [0.1, 0.15) is 11.4 Å². The molecule has 0 aromatic heterocycles. The molecule has 1 aromatic carbocycles. The predicted molar refractivity (Wildman–Crippen MR) is 207 cm³/mol. The van der Waals surface area contributed by atoms with E-state index in [4.69, 9.17) is 38.7 Å². The topological polar surface area (TPSA) is 191 Å². The first kappa shape index (κ1) is 46.5. The number of rotatable bonds is 17. The van der Waals surface area contributed by atoms with Crippen LogP contribution in [0.15, 0.2) is 46.8 Å². The van der Waals surface area contributed by atoms with Crippen molar-refractivity contribution in [1.82, 2.24) is 9.80 Å². The van der Waals surface area contributed by atoms with E-state index >= 15 is 0 Å². The van der Waals surface area contributed by atoms with Crippen LogP contribution in [-0.2, 0) is 38.0 Å². The van der Waals surface area contributed by atoms with Gasteiger partial charge < -0.3 is 48.1 Å². The minimum Gasteiger partial charge on any atom is -0.456 e. The van der Waals surface area contributed by atoms with E-state index in [0.717, 1.165) is 0 Å². The molecule has 5 unspecified atom stereocenters. The summed E-state index contributed by atoms with van der Waals surface area (Å²) < 4.78 is 43.6. The molecule has 56 heavy (non-hydrogen) atoms. The third kappa shape index (κ3) is 12.3. The van der Waals surface area contributed by atoms with E-state index in [9.17, 15) is 19.5 Å². The molecule has 3 rings (SSSR count). The van der Waals surface area contributed by atoms with Gasteiger partial charge in [-0.05, 0) is 92.1 Å². The van der Waals surface area contributed by atoms with Crippen LogP contribution in [-0.4, -0.2) is 128 Å². The minimum atomic E-state index is -1.28. The van der Waals surface area contributed by atoms with E-state index in [1.807, 2.05) is 52.8 Å². The van der Waals surface area contributed by atoms with Gasteiger partial charge in [0.15, 0.2) is 12.4 Å². The number of hydrogen-bond donors (Lipinski definition) is 1. The maximum Gasteiger partial charge on any atom is 0.410 e. The Labute approximate surface area is 331 Å². The van der Waals surface area contributed by atoms with Gasteiger partial charge in [0, 0.05) is 44.9 Å². The average Bonchev–Trinajstić information content (AvgIpc) is 3.11. The second-order valence-corrected chi connectivity index (χ2v) is 16.8. The molecule has 0 aliphatic carbocycles. The molecule has 16 heteroatoms. The Balaban J connectivity index is 2.12. The first-order valence-corrected chi connectivity index (χ1v) is 19.1. The first-order chi connectivity index (χ1) is 26.1. The van der Waals surface area contributed by atoms with Gasteiger partial charge in [0.2, 0.25) is 5.79 Å². The number of azide groups is 1. The van der Waals surface area contributed by atoms with Crippen molar-refractivity contribution in [2.75, 3.05) is 40.9 Å². The van der Waals surface area contributed by atoms with E-state index in [2.05, 4.69) is 10.0 Å². The molecule has 1 fully saturated rings. The Hall–Kier alpha value is -3.92. The Morgan fingerprint density at radius 2 is 1.77 bits per heavy atom. The summed E-state index contributed by atoms with van der Waals surface area (Å²) in [6.07, 6.45) is -3.08. The van der Waals surface area contributed by atoms with Gasteiger partial charge in [-0.15, -0.1) is 0 Å². The number of methoxy groups -OCH3 is 1. The lowest BCUT2D eigenvalue weighted by Gasteiger charge is -2.48. The lowest BCUT2D eigenvalue weighted by Crippen LogP contribution is -2.60. The molecular weight excluding hydrogens is 726 g/mol. The number of nitrogens with zero attached hydrogens (tertiary/aromatic N) is 5. The molecule has 1 N–H and O–H groups in total. The van der Waals surface area contributed by atoms with Crippen LogP contribution in [0.2, 0.25) is 0 Å². The maximum atomic E-state index is 13.6. The number of aliphatic hydroxyl groups is 1. The number of amides is 1. The fourth-order valence-corrected chi connectivity index (χ4v) is 7.29. The standard InChI is InChI=1S/C40H63N5O11/c1-24(22-45(29(23-46)21-42-43-41)37(49)56-38(5,6)7)20-40(10,50-13)33(26(3)31-27(4)34(47)55-39(8,9)54-31)53-36-32(30(44(11)12)19-25(2)51-36)52-35(48)28-17-15-14-16-18-28/h14-18,24-26,29-30,32-33,36,46H,19-23H2,1-13H3/t24?,25-,26?,29?,30+,32-,33?,36+,40?/m1/s1. The molecule has 0 radical (unpaired) electrons. The van der Waals surface area contributed by atoms with Crippen LogP contribution in [0.3, 0.4) is 0 Å². The third-order valence-corrected chi connectivity index (χ3v) is 9.99. The highest BCUT2D eigenvalue weighted by Gasteiger charge is 2.51. The zero-order chi connectivity index (χ0) is 42.2. The number of esters is 2. The fourth-order valence-electron chi connectivity index (χ4n) is 7.29. The number of cyclic esters (lactones) is 1. The molecule has 16 nitrogen and oxygen atoms in total. The number of carbonyl (C=O) groups excluding carboxylic acids is 3. The van der Waals surface area contributed by atoms with Gasteiger partial charge in [-0.2, -0.15) is 0 Å². The SMILES string of the molecule is COC(C)(CC(C)CN(C(=O)OC(C)(C)C)C(CO)CN=[N+]=[N-])C(O[C@@H]1O[C@H](C)C[C@H](N(C)C)[C@H]1OC(=O)c1ccccc1)C(C)C1=C(C)C(=O)OC(C)(C)O1. The van der Waals surface area contributed by atoms with E-state index in [1.165, 1.54) is 4.90 Å². The lowest BCUT2D eigenvalue weighted by atomic mass is 9.80. The summed E-state index contributed by atoms with van der Waals surface area (Å²) in [5.41, 5.74) is 7.62. The van der Waals surface area contributed by atoms with Crippen molar-refractivity contribution >= 4 is 18.0 Å². The van der Waals surface area contributed by atoms with Crippen molar-refractivity contribution in [3.05, 3.63) is 57.7 Å². The predicted octanol–water partition coefficient (Wildman–Crippen LogP) is 6.22. The average molecular weight is 790 g/mol. The molecule has 0 bridgehead atoms. The summed E-state index contributed by atoms with van der Waals surface area (Å²) in [5.74, 6) is -3.03. The van der Waals surface area contributed by atoms with Crippen molar-refractivity contribution in [2.45, 2.75) is 136 Å². The molecule has 2 aliphatic rings. The molecule has 1 amide bonds. The van der Waals surface area contributed by atoms with Gasteiger partial charge in [-0.3, -0.25) is 0 Å². The summed E-state index contributed by atoms with van der Waals surface area (Å²) in [5, 5.41) is 13.9. The minimum absolute atomic E-state index is 0.0791. The summed E-state index contributed by atoms with van der Waals surface area (Å²) >= 11 is 0. The van der Waals surface area contributed by atoms with Crippen LogP contribution < -0.4 is 0 Å². The van der Waals surface area contributed by atoms with Crippen molar-refractivity contribution in [2.24, 2.45) is 17.0 Å². The molecule has 1 aromatic rings. The Kier molecular flexibility index (Phi) is 16.2. The molecule has 2 aliphatic heterocycles. The fraction of sp³-hybridized carbons (Fsp3) is 0.725. The molecule has 2 heterocycles. The number of aliphatic hydroxyl groups excluding tert-OH is 1. The van der Waals surface area contributed by atoms with Gasteiger partial charge in [0.05, 0.1) is 47.6 Å². The summed E-state index contributed by atoms with van der Waals surface area (Å²) in [6.45, 7) is 17.1. The number of hydrogen-bond acceptors (Lipinski definition) is 13. The van der Waals surface area contributed by atoms with Crippen molar-refractivity contribution < 1.29 is 52.6 Å². The van der Waals surface area contributed by atoms with Crippen LogP contribution in [0.5, 0.6) is 0 Å². The van der Waals surface area contributed by atoms with Crippen molar-refractivity contribution in [3.63, 3.8) is 0 Å². The van der Waals surface area contributed by atoms with E-state index in [-0.39, 0.29) is 43.1 Å². The molecular formula is C40H63N5O11. The van der Waals surface area contributed by atoms with Crippen LogP contribution in [0.4, 0.5) is 4.79 Å². The van der Waals surface area contributed by atoms with Gasteiger partial charge >= 0.3 is 18.0 Å². The number of likely N-dealkylation sites (N-methyl/N-ethyl adjacent to an activating group) is 1. The van der Waals surface area contributed by atoms with E-state index in [1.54, 1.807) is 72.9 Å². The van der Waals surface area contributed by atoms with Crippen LogP contribution >= 0.6 is 0 Å². The largest absolute Gasteiger partial charge is 0.456 e. The molecule has 314 valence electrons. The zero-order valence-electron chi connectivity index (χ0n) is 35.3. The van der Waals surface area contributed by atoms with Crippen molar-refractivity contribution in [1.29, 1.82) is 0 Å². The van der Waals surface area contributed by atoms with Crippen LogP contribution in [0.1, 0.15) is 92.4 Å². The third-order valence-electron chi connectivity index (χ3n) is 9.99. The van der Waals surface area contributed by atoms with Gasteiger partial charge in [-0.1, -0.05) is 37.2 Å². The Morgan fingerprint density at radius 3 is 2.32 bits per heavy atom. The highest BCUT2D eigenvalue weighted by atomic mass is 16.7. The maximum absolute atomic E-state index is 13.6. The number of carbonyl (C=O) groups is 3. The highest BCUT2D eigenvalue weighted by Crippen LogP contribution is 2.41. The van der Waals surface area contributed by atoms with E-state index in [0.29, 0.717) is 17.7 Å². The second kappa shape index (κ2) is 19.5. The van der Waals surface area contributed by atoms with Crippen LogP contribution in [0, 0.1) is 11.8 Å². The summed E-state index contributed by atoms with van der Waals surface area (Å²) in [4.78, 5) is 46.4. The first-order valence-electron chi connectivity index (χ1n) is 19.1. The van der Waals surface area contributed by atoms with Crippen molar-refractivity contribution in [3.8, 4) is 0 Å². The monoisotopic (exact) mass is 789 g/mol. The molecule has 0 spiro atoms. The molecule has 9 atom stereocenters. The normalized spacial score (nSPS) is 24.4. The van der Waals surface area contributed by atoms with E-state index < -0.39 is 72.1 Å².